The molecule has 2 aromatic heterocycles. The highest BCUT2D eigenvalue weighted by Crippen LogP contribution is 2.31. The first-order valence-corrected chi connectivity index (χ1v) is 8.93. The number of carbonyl (C=O) groups is 1. The fraction of sp³-hybridized carbons (Fsp3) is 0.400. The van der Waals surface area contributed by atoms with Gasteiger partial charge in [0.25, 0.3) is 5.91 Å². The van der Waals surface area contributed by atoms with E-state index in [0.29, 0.717) is 25.9 Å². The summed E-state index contributed by atoms with van der Waals surface area (Å²) in [6, 6.07) is 1.55. The van der Waals surface area contributed by atoms with Gasteiger partial charge in [-0.15, -0.1) is 11.3 Å². The maximum atomic E-state index is 12.2. The standard InChI is InChI=1S/C15H16Cl2N4OS/c1-9-2-4-21(5-3-9)15-18-7-10(8-19-15)20-14(22)11-6-12(16)23-13(11)17/h6-9H,2-5H2,1H3,(H,20,22). The molecule has 0 saturated carbocycles. The number of anilines is 2. The van der Waals surface area contributed by atoms with Crippen molar-refractivity contribution in [3.8, 4) is 0 Å². The molecule has 0 spiro atoms. The smallest absolute Gasteiger partial charge is 0.258 e. The second kappa shape index (κ2) is 7.03. The molecule has 3 rings (SSSR count). The van der Waals surface area contributed by atoms with Gasteiger partial charge in [0.1, 0.15) is 4.34 Å². The molecule has 8 heteroatoms. The molecule has 1 aliphatic rings. The zero-order valence-corrected chi connectivity index (χ0v) is 14.9. The van der Waals surface area contributed by atoms with Gasteiger partial charge in [0, 0.05) is 13.1 Å². The van der Waals surface area contributed by atoms with Crippen LogP contribution in [0, 0.1) is 5.92 Å². The molecule has 1 amide bonds. The normalized spacial score (nSPS) is 15.7. The van der Waals surface area contributed by atoms with Gasteiger partial charge in [0.05, 0.1) is 28.0 Å². The van der Waals surface area contributed by atoms with Crippen molar-refractivity contribution in [1.82, 2.24) is 9.97 Å². The average molecular weight is 371 g/mol. The zero-order chi connectivity index (χ0) is 16.4. The molecule has 0 radical (unpaired) electrons. The Morgan fingerprint density at radius 1 is 1.30 bits per heavy atom. The van der Waals surface area contributed by atoms with Crippen molar-refractivity contribution < 1.29 is 4.79 Å². The molecule has 0 atom stereocenters. The van der Waals surface area contributed by atoms with E-state index >= 15 is 0 Å². The maximum absolute atomic E-state index is 12.2. The van der Waals surface area contributed by atoms with Crippen molar-refractivity contribution in [2.75, 3.05) is 23.3 Å². The van der Waals surface area contributed by atoms with Crippen LogP contribution in [0.2, 0.25) is 8.67 Å². The number of hydrogen-bond donors (Lipinski definition) is 1. The van der Waals surface area contributed by atoms with Gasteiger partial charge in [0.15, 0.2) is 0 Å². The third-order valence-corrected chi connectivity index (χ3v) is 5.35. The molecule has 0 aromatic carbocycles. The van der Waals surface area contributed by atoms with Gasteiger partial charge in [-0.2, -0.15) is 0 Å². The Balaban J connectivity index is 1.65. The van der Waals surface area contributed by atoms with Crippen LogP contribution in [-0.4, -0.2) is 29.0 Å². The molecule has 0 bridgehead atoms. The molecule has 1 N–H and O–H groups in total. The van der Waals surface area contributed by atoms with Gasteiger partial charge < -0.3 is 10.2 Å². The average Bonchev–Trinajstić information content (AvgIpc) is 2.88. The van der Waals surface area contributed by atoms with Gasteiger partial charge in [-0.25, -0.2) is 9.97 Å². The molecule has 1 saturated heterocycles. The van der Waals surface area contributed by atoms with Crippen LogP contribution in [-0.2, 0) is 0 Å². The van der Waals surface area contributed by atoms with E-state index in [1.54, 1.807) is 18.5 Å². The number of aromatic nitrogens is 2. The largest absolute Gasteiger partial charge is 0.341 e. The Morgan fingerprint density at radius 2 is 1.96 bits per heavy atom. The first-order chi connectivity index (χ1) is 11.0. The monoisotopic (exact) mass is 370 g/mol. The lowest BCUT2D eigenvalue weighted by atomic mass is 10.00. The molecule has 0 aliphatic carbocycles. The minimum atomic E-state index is -0.318. The van der Waals surface area contributed by atoms with Crippen LogP contribution < -0.4 is 10.2 Å². The summed E-state index contributed by atoms with van der Waals surface area (Å²) in [5.74, 6) is 1.14. The predicted octanol–water partition coefficient (Wildman–Crippen LogP) is 4.33. The van der Waals surface area contributed by atoms with Crippen LogP contribution in [0.15, 0.2) is 18.5 Å². The highest BCUT2D eigenvalue weighted by molar-refractivity contribution is 7.20. The molecule has 2 aromatic rings. The minimum Gasteiger partial charge on any atom is -0.341 e. The second-order valence-electron chi connectivity index (χ2n) is 5.63. The quantitative estimate of drug-likeness (QED) is 0.872. The third-order valence-electron chi connectivity index (χ3n) is 3.86. The Hall–Kier alpha value is -1.37. The summed E-state index contributed by atoms with van der Waals surface area (Å²) in [7, 11) is 0. The summed E-state index contributed by atoms with van der Waals surface area (Å²) in [5, 5.41) is 2.73. The van der Waals surface area contributed by atoms with E-state index in [0.717, 1.165) is 43.2 Å². The zero-order valence-electron chi connectivity index (χ0n) is 12.6. The number of carbonyl (C=O) groups excluding carboxylic acids is 1. The van der Waals surface area contributed by atoms with Crippen LogP contribution in [0.5, 0.6) is 0 Å². The summed E-state index contributed by atoms with van der Waals surface area (Å²) in [6.45, 7) is 4.20. The van der Waals surface area contributed by atoms with E-state index in [-0.39, 0.29) is 5.91 Å². The van der Waals surface area contributed by atoms with Crippen LogP contribution in [0.25, 0.3) is 0 Å². The first kappa shape index (κ1) is 16.5. The fourth-order valence-electron chi connectivity index (χ4n) is 2.45. The predicted molar refractivity (Wildman–Crippen MR) is 94.9 cm³/mol. The third kappa shape index (κ3) is 3.94. The van der Waals surface area contributed by atoms with Gasteiger partial charge in [-0.05, 0) is 24.8 Å². The minimum absolute atomic E-state index is 0.318. The van der Waals surface area contributed by atoms with Crippen molar-refractivity contribution in [3.05, 3.63) is 32.7 Å². The second-order valence-corrected chi connectivity index (χ2v) is 7.92. The van der Waals surface area contributed by atoms with Gasteiger partial charge >= 0.3 is 0 Å². The summed E-state index contributed by atoms with van der Waals surface area (Å²) in [4.78, 5) is 23.0. The molecule has 1 fully saturated rings. The number of nitrogens with zero attached hydrogens (tertiary/aromatic N) is 3. The van der Waals surface area contributed by atoms with Crippen molar-refractivity contribution in [2.45, 2.75) is 19.8 Å². The van der Waals surface area contributed by atoms with Gasteiger partial charge in [0.2, 0.25) is 5.95 Å². The highest BCUT2D eigenvalue weighted by atomic mass is 35.5. The summed E-state index contributed by atoms with van der Waals surface area (Å²) in [6.07, 6.45) is 5.53. The number of rotatable bonds is 3. The lowest BCUT2D eigenvalue weighted by Crippen LogP contribution is -2.34. The van der Waals surface area contributed by atoms with Crippen molar-refractivity contribution >= 4 is 52.1 Å². The van der Waals surface area contributed by atoms with E-state index in [1.165, 1.54) is 0 Å². The van der Waals surface area contributed by atoms with Gasteiger partial charge in [-0.1, -0.05) is 30.1 Å². The number of thiophene rings is 1. The van der Waals surface area contributed by atoms with Crippen molar-refractivity contribution in [2.24, 2.45) is 5.92 Å². The van der Waals surface area contributed by atoms with E-state index in [1.807, 2.05) is 0 Å². The SMILES string of the molecule is CC1CCN(c2ncc(NC(=O)c3cc(Cl)sc3Cl)cn2)CC1. The van der Waals surface area contributed by atoms with E-state index in [9.17, 15) is 4.79 Å². The highest BCUT2D eigenvalue weighted by Gasteiger charge is 2.18. The van der Waals surface area contributed by atoms with Crippen molar-refractivity contribution in [1.29, 1.82) is 0 Å². The molecule has 0 unspecified atom stereocenters. The Kier molecular flexibility index (Phi) is 5.04. The summed E-state index contributed by atoms with van der Waals surface area (Å²) >= 11 is 13.0. The van der Waals surface area contributed by atoms with Crippen LogP contribution in [0.4, 0.5) is 11.6 Å². The van der Waals surface area contributed by atoms with E-state index in [2.05, 4.69) is 27.1 Å². The molecular weight excluding hydrogens is 355 g/mol. The number of piperidine rings is 1. The fourth-order valence-corrected chi connectivity index (χ4v) is 3.91. The molecule has 23 heavy (non-hydrogen) atoms. The number of halogens is 2. The molecule has 1 aliphatic heterocycles. The van der Waals surface area contributed by atoms with Gasteiger partial charge in [-0.3, -0.25) is 4.79 Å². The molecular formula is C15H16Cl2N4OS. The number of amides is 1. The summed E-state index contributed by atoms with van der Waals surface area (Å²) in [5.41, 5.74) is 0.887. The number of nitrogens with one attached hydrogen (secondary N) is 1. The Morgan fingerprint density at radius 3 is 2.52 bits per heavy atom. The number of hydrogen-bond acceptors (Lipinski definition) is 5. The lowest BCUT2D eigenvalue weighted by molar-refractivity contribution is 0.102. The molecule has 5 nitrogen and oxygen atoms in total. The topological polar surface area (TPSA) is 58.1 Å². The Labute approximate surface area is 148 Å². The van der Waals surface area contributed by atoms with Crippen LogP contribution in [0.3, 0.4) is 0 Å². The molecule has 3 heterocycles. The Bertz CT molecular complexity index is 696. The molecule has 122 valence electrons. The lowest BCUT2D eigenvalue weighted by Gasteiger charge is -2.30. The maximum Gasteiger partial charge on any atom is 0.258 e. The van der Waals surface area contributed by atoms with Crippen LogP contribution in [0.1, 0.15) is 30.1 Å². The van der Waals surface area contributed by atoms with E-state index in [4.69, 9.17) is 23.2 Å². The van der Waals surface area contributed by atoms with Crippen molar-refractivity contribution in [3.63, 3.8) is 0 Å². The van der Waals surface area contributed by atoms with Crippen LogP contribution >= 0.6 is 34.5 Å². The van der Waals surface area contributed by atoms with E-state index < -0.39 is 0 Å². The summed E-state index contributed by atoms with van der Waals surface area (Å²) < 4.78 is 0.846. The first-order valence-electron chi connectivity index (χ1n) is 7.36.